The van der Waals surface area contributed by atoms with Gasteiger partial charge in [-0.2, -0.15) is 5.10 Å². The Balaban J connectivity index is 1.51. The molecule has 1 fully saturated rings. The van der Waals surface area contributed by atoms with Crippen molar-refractivity contribution in [3.05, 3.63) is 51.9 Å². The van der Waals surface area contributed by atoms with Gasteiger partial charge in [-0.1, -0.05) is 25.8 Å². The van der Waals surface area contributed by atoms with Crippen LogP contribution in [0.4, 0.5) is 11.5 Å². The summed E-state index contributed by atoms with van der Waals surface area (Å²) in [4.78, 5) is 18.0. The third-order valence-electron chi connectivity index (χ3n) is 6.96. The Hall–Kier alpha value is -2.60. The SMILES string of the molecule is CC(C)N1Cc2ccc(Nc3nn([C@H]4CCCC[C@@H]4C)c4cc[nH]c(=O)c34)cc2C1. The van der Waals surface area contributed by atoms with Crippen LogP contribution in [0.15, 0.2) is 35.3 Å². The summed E-state index contributed by atoms with van der Waals surface area (Å²) in [6.45, 7) is 8.76. The number of hydrogen-bond donors (Lipinski definition) is 2. The van der Waals surface area contributed by atoms with Crippen molar-refractivity contribution in [3.8, 4) is 0 Å². The Labute approximate surface area is 177 Å². The van der Waals surface area contributed by atoms with Gasteiger partial charge in [0.05, 0.1) is 11.6 Å². The number of benzene rings is 1. The fourth-order valence-electron chi connectivity index (χ4n) is 5.10. The predicted octanol–water partition coefficient (Wildman–Crippen LogP) is 4.94. The van der Waals surface area contributed by atoms with Crippen LogP contribution in [0, 0.1) is 5.92 Å². The molecule has 0 bridgehead atoms. The summed E-state index contributed by atoms with van der Waals surface area (Å²) >= 11 is 0. The monoisotopic (exact) mass is 405 g/mol. The first-order valence-corrected chi connectivity index (χ1v) is 11.2. The number of pyridine rings is 1. The quantitative estimate of drug-likeness (QED) is 0.645. The summed E-state index contributed by atoms with van der Waals surface area (Å²) in [5, 5.41) is 9.05. The van der Waals surface area contributed by atoms with E-state index in [0.717, 1.165) is 30.7 Å². The number of rotatable bonds is 4. The first-order valence-electron chi connectivity index (χ1n) is 11.2. The summed E-state index contributed by atoms with van der Waals surface area (Å²) in [7, 11) is 0. The van der Waals surface area contributed by atoms with E-state index in [0.29, 0.717) is 29.2 Å². The number of nitrogens with one attached hydrogen (secondary N) is 2. The van der Waals surface area contributed by atoms with Gasteiger partial charge in [0.15, 0.2) is 5.82 Å². The van der Waals surface area contributed by atoms with Gasteiger partial charge >= 0.3 is 0 Å². The summed E-state index contributed by atoms with van der Waals surface area (Å²) in [6.07, 6.45) is 6.57. The number of hydrogen-bond acceptors (Lipinski definition) is 4. The normalized spacial score (nSPS) is 22.0. The van der Waals surface area contributed by atoms with Gasteiger partial charge in [0.2, 0.25) is 0 Å². The third-order valence-corrected chi connectivity index (χ3v) is 6.96. The van der Waals surface area contributed by atoms with E-state index >= 15 is 0 Å². The molecule has 6 nitrogen and oxygen atoms in total. The van der Waals surface area contributed by atoms with Gasteiger partial charge in [-0.15, -0.1) is 0 Å². The molecule has 0 saturated heterocycles. The molecular weight excluding hydrogens is 374 g/mol. The van der Waals surface area contributed by atoms with Gasteiger partial charge in [0.25, 0.3) is 5.56 Å². The average molecular weight is 406 g/mol. The molecule has 0 amide bonds. The van der Waals surface area contributed by atoms with Gasteiger partial charge in [0.1, 0.15) is 5.39 Å². The van der Waals surface area contributed by atoms with E-state index < -0.39 is 0 Å². The van der Waals surface area contributed by atoms with Crippen LogP contribution in [-0.2, 0) is 13.1 Å². The van der Waals surface area contributed by atoms with Crippen LogP contribution in [0.2, 0.25) is 0 Å². The minimum Gasteiger partial charge on any atom is -0.338 e. The zero-order chi connectivity index (χ0) is 20.8. The van der Waals surface area contributed by atoms with Gasteiger partial charge in [-0.3, -0.25) is 14.4 Å². The van der Waals surface area contributed by atoms with E-state index in [2.05, 4.69) is 58.9 Å². The lowest BCUT2D eigenvalue weighted by Crippen LogP contribution is -2.24. The topological polar surface area (TPSA) is 66.0 Å². The van der Waals surface area contributed by atoms with Crippen molar-refractivity contribution in [2.45, 2.75) is 71.6 Å². The Bertz CT molecular complexity index is 1130. The number of aromatic amines is 1. The molecule has 3 aromatic rings. The standard InChI is InChI=1S/C24H31N5O/c1-15(2)28-13-17-8-9-19(12-18(17)14-28)26-23-22-21(10-11-25-24(22)30)29(27-23)20-7-5-4-6-16(20)3/h8-12,15-16,20H,4-7,13-14H2,1-3H3,(H,25,30)(H,26,27)/t16-,20-/m0/s1. The van der Waals surface area contributed by atoms with E-state index in [9.17, 15) is 4.79 Å². The van der Waals surface area contributed by atoms with E-state index in [1.54, 1.807) is 6.20 Å². The number of H-pyrrole nitrogens is 1. The first kappa shape index (κ1) is 19.4. The lowest BCUT2D eigenvalue weighted by molar-refractivity contribution is 0.227. The van der Waals surface area contributed by atoms with E-state index in [4.69, 9.17) is 5.10 Å². The summed E-state index contributed by atoms with van der Waals surface area (Å²) in [6, 6.07) is 9.38. The zero-order valence-electron chi connectivity index (χ0n) is 18.1. The molecule has 5 rings (SSSR count). The van der Waals surface area contributed by atoms with Crippen LogP contribution in [0.3, 0.4) is 0 Å². The Morgan fingerprint density at radius 3 is 2.73 bits per heavy atom. The van der Waals surface area contributed by atoms with Crippen molar-refractivity contribution in [1.29, 1.82) is 0 Å². The second kappa shape index (κ2) is 7.58. The van der Waals surface area contributed by atoms with Crippen molar-refractivity contribution >= 4 is 22.4 Å². The van der Waals surface area contributed by atoms with Crippen molar-refractivity contribution in [3.63, 3.8) is 0 Å². The van der Waals surface area contributed by atoms with Crippen molar-refractivity contribution in [2.75, 3.05) is 5.32 Å². The molecule has 2 atom stereocenters. The maximum absolute atomic E-state index is 12.7. The molecule has 2 N–H and O–H groups in total. The van der Waals surface area contributed by atoms with Gasteiger partial charge in [0, 0.05) is 31.0 Å². The molecule has 2 aliphatic rings. The van der Waals surface area contributed by atoms with E-state index in [-0.39, 0.29) is 5.56 Å². The molecule has 2 aromatic heterocycles. The van der Waals surface area contributed by atoms with Crippen molar-refractivity contribution < 1.29 is 0 Å². The second-order valence-electron chi connectivity index (χ2n) is 9.30. The third kappa shape index (κ3) is 3.33. The van der Waals surface area contributed by atoms with Crippen LogP contribution in [0.1, 0.15) is 63.6 Å². The average Bonchev–Trinajstić information content (AvgIpc) is 3.31. The van der Waals surface area contributed by atoms with Gasteiger partial charge in [-0.05, 0) is 61.9 Å². The molecule has 0 unspecified atom stereocenters. The molecule has 6 heteroatoms. The fraction of sp³-hybridized carbons (Fsp3) is 0.500. The number of fused-ring (bicyclic) bond motifs is 2. The Morgan fingerprint density at radius 2 is 1.93 bits per heavy atom. The summed E-state index contributed by atoms with van der Waals surface area (Å²) in [5.74, 6) is 1.22. The Kier molecular flexibility index (Phi) is 4.89. The highest BCUT2D eigenvalue weighted by Gasteiger charge is 2.27. The highest BCUT2D eigenvalue weighted by molar-refractivity contribution is 5.91. The molecule has 1 aliphatic heterocycles. The highest BCUT2D eigenvalue weighted by atomic mass is 16.1. The zero-order valence-corrected chi connectivity index (χ0v) is 18.1. The summed E-state index contributed by atoms with van der Waals surface area (Å²) in [5.41, 5.74) is 4.57. The van der Waals surface area contributed by atoms with Gasteiger partial charge in [-0.25, -0.2) is 0 Å². The molecule has 0 radical (unpaired) electrons. The van der Waals surface area contributed by atoms with E-state index in [1.165, 1.54) is 30.4 Å². The number of anilines is 2. The second-order valence-corrected chi connectivity index (χ2v) is 9.30. The molecule has 30 heavy (non-hydrogen) atoms. The Morgan fingerprint density at radius 1 is 1.13 bits per heavy atom. The molecular formula is C24H31N5O. The maximum atomic E-state index is 12.7. The predicted molar refractivity (Wildman–Crippen MR) is 121 cm³/mol. The fourth-order valence-corrected chi connectivity index (χ4v) is 5.10. The van der Waals surface area contributed by atoms with Crippen molar-refractivity contribution in [1.82, 2.24) is 19.7 Å². The number of aromatic nitrogens is 3. The number of nitrogens with zero attached hydrogens (tertiary/aromatic N) is 3. The molecule has 3 heterocycles. The molecule has 158 valence electrons. The van der Waals surface area contributed by atoms with Crippen LogP contribution >= 0.6 is 0 Å². The lowest BCUT2D eigenvalue weighted by Gasteiger charge is -2.29. The molecule has 1 aliphatic carbocycles. The molecule has 1 aromatic carbocycles. The van der Waals surface area contributed by atoms with Crippen LogP contribution in [0.25, 0.3) is 10.9 Å². The first-order chi connectivity index (χ1) is 14.5. The van der Waals surface area contributed by atoms with Gasteiger partial charge < -0.3 is 10.3 Å². The minimum absolute atomic E-state index is 0.0862. The molecule has 1 saturated carbocycles. The van der Waals surface area contributed by atoms with Crippen molar-refractivity contribution in [2.24, 2.45) is 5.92 Å². The highest BCUT2D eigenvalue weighted by Crippen LogP contribution is 2.37. The largest absolute Gasteiger partial charge is 0.338 e. The molecule has 0 spiro atoms. The smallest absolute Gasteiger partial charge is 0.261 e. The van der Waals surface area contributed by atoms with Crippen LogP contribution in [0.5, 0.6) is 0 Å². The maximum Gasteiger partial charge on any atom is 0.261 e. The van der Waals surface area contributed by atoms with Crippen LogP contribution < -0.4 is 10.9 Å². The lowest BCUT2D eigenvalue weighted by atomic mass is 9.86. The van der Waals surface area contributed by atoms with E-state index in [1.807, 2.05) is 6.07 Å². The summed E-state index contributed by atoms with van der Waals surface area (Å²) < 4.78 is 2.10. The van der Waals surface area contributed by atoms with Crippen LogP contribution in [-0.4, -0.2) is 25.7 Å². The minimum atomic E-state index is -0.0862.